The lowest BCUT2D eigenvalue weighted by Gasteiger charge is -2.28. The normalized spacial score (nSPS) is 16.5. The number of nitrogens with zero attached hydrogens (tertiary/aromatic N) is 1. The lowest BCUT2D eigenvalue weighted by Crippen LogP contribution is -2.50. The van der Waals surface area contributed by atoms with E-state index in [-0.39, 0.29) is 0 Å². The van der Waals surface area contributed by atoms with Crippen LogP contribution in [0.25, 0.3) is 0 Å². The number of hydrogen-bond acceptors (Lipinski definition) is 3. The largest absolute Gasteiger partial charge is 0.217 e. The van der Waals surface area contributed by atoms with Crippen LogP contribution in [0.2, 0.25) is 0 Å². The first-order valence-corrected chi connectivity index (χ1v) is 7.01. The molecule has 0 spiro atoms. The third-order valence-corrected chi connectivity index (χ3v) is 4.77. The van der Waals surface area contributed by atoms with Crippen LogP contribution >= 0.6 is 0 Å². The van der Waals surface area contributed by atoms with Gasteiger partial charge in [-0.2, -0.15) is 9.98 Å². The van der Waals surface area contributed by atoms with E-state index in [1.54, 1.807) is 27.7 Å². The van der Waals surface area contributed by atoms with Crippen molar-refractivity contribution in [3.63, 3.8) is 0 Å². The molecule has 1 unspecified atom stereocenters. The fourth-order valence-corrected chi connectivity index (χ4v) is 2.16. The first-order valence-electron chi connectivity index (χ1n) is 5.53. The summed E-state index contributed by atoms with van der Waals surface area (Å²) in [6.45, 7) is 8.49. The van der Waals surface area contributed by atoms with Crippen LogP contribution in [-0.4, -0.2) is 18.7 Å². The Morgan fingerprint density at radius 1 is 1.25 bits per heavy atom. The van der Waals surface area contributed by atoms with Gasteiger partial charge in [0.25, 0.3) is 0 Å². The van der Waals surface area contributed by atoms with Crippen LogP contribution in [0.5, 0.6) is 0 Å². The Morgan fingerprint density at radius 2 is 1.75 bits per heavy atom. The standard InChI is InChI=1S/C11H22N2O2S/c1-6-7-8-11(5,9-12)13-16(14,15)10(2,3)4/h13H,6-8H2,1-5H3. The SMILES string of the molecule is CCCCC(C)(C#N)NS(=O)(=O)C(C)(C)C. The number of nitrogens with one attached hydrogen (secondary N) is 1. The van der Waals surface area contributed by atoms with E-state index in [9.17, 15) is 8.42 Å². The second kappa shape index (κ2) is 5.15. The Hall–Kier alpha value is -0.600. The second-order valence-corrected chi connectivity index (χ2v) is 7.70. The van der Waals surface area contributed by atoms with E-state index in [2.05, 4.69) is 10.8 Å². The summed E-state index contributed by atoms with van der Waals surface area (Å²) >= 11 is 0. The smallest absolute Gasteiger partial charge is 0.212 e. The molecule has 0 heterocycles. The summed E-state index contributed by atoms with van der Waals surface area (Å²) in [5.41, 5.74) is -0.998. The molecule has 0 aliphatic carbocycles. The Kier molecular flexibility index (Phi) is 4.96. The van der Waals surface area contributed by atoms with Gasteiger partial charge in [0.05, 0.1) is 10.8 Å². The summed E-state index contributed by atoms with van der Waals surface area (Å²) in [6.07, 6.45) is 2.31. The summed E-state index contributed by atoms with van der Waals surface area (Å²) in [5, 5.41) is 9.06. The number of rotatable bonds is 5. The Labute approximate surface area is 99.1 Å². The number of sulfonamides is 1. The van der Waals surface area contributed by atoms with Crippen LogP contribution in [-0.2, 0) is 10.0 Å². The van der Waals surface area contributed by atoms with E-state index in [1.165, 1.54) is 0 Å². The second-order valence-electron chi connectivity index (χ2n) is 5.27. The molecule has 94 valence electrons. The van der Waals surface area contributed by atoms with Gasteiger partial charge in [-0.3, -0.25) is 0 Å². The number of nitriles is 1. The van der Waals surface area contributed by atoms with Gasteiger partial charge in [0, 0.05) is 0 Å². The zero-order valence-corrected chi connectivity index (χ0v) is 11.6. The van der Waals surface area contributed by atoms with Gasteiger partial charge in [0.1, 0.15) is 5.54 Å². The fraction of sp³-hybridized carbons (Fsp3) is 0.909. The Morgan fingerprint density at radius 3 is 2.06 bits per heavy atom. The van der Waals surface area contributed by atoms with Gasteiger partial charge in [0.2, 0.25) is 10.0 Å². The van der Waals surface area contributed by atoms with Crippen LogP contribution < -0.4 is 4.72 Å². The third-order valence-electron chi connectivity index (χ3n) is 2.44. The molecular weight excluding hydrogens is 224 g/mol. The number of unbranched alkanes of at least 4 members (excludes halogenated alkanes) is 1. The molecule has 0 aliphatic rings. The molecule has 0 rings (SSSR count). The minimum atomic E-state index is -3.47. The molecule has 0 bridgehead atoms. The van der Waals surface area contributed by atoms with Crippen molar-refractivity contribution < 1.29 is 8.42 Å². The molecule has 1 atom stereocenters. The zero-order valence-electron chi connectivity index (χ0n) is 10.8. The molecule has 1 N–H and O–H groups in total. The fourth-order valence-electron chi connectivity index (χ4n) is 1.11. The van der Waals surface area contributed by atoms with Crippen molar-refractivity contribution in [2.24, 2.45) is 0 Å². The summed E-state index contributed by atoms with van der Waals surface area (Å²) in [5.74, 6) is 0. The zero-order chi connectivity index (χ0) is 13.0. The monoisotopic (exact) mass is 246 g/mol. The van der Waals surface area contributed by atoms with Gasteiger partial charge >= 0.3 is 0 Å². The molecule has 4 nitrogen and oxygen atoms in total. The minimum absolute atomic E-state index is 0.537. The molecule has 0 saturated heterocycles. The average molecular weight is 246 g/mol. The molecule has 0 saturated carbocycles. The van der Waals surface area contributed by atoms with E-state index >= 15 is 0 Å². The minimum Gasteiger partial charge on any atom is -0.212 e. The van der Waals surface area contributed by atoms with Crippen LogP contribution in [0.3, 0.4) is 0 Å². The molecular formula is C11H22N2O2S. The van der Waals surface area contributed by atoms with Crippen molar-refractivity contribution in [2.75, 3.05) is 0 Å². The van der Waals surface area contributed by atoms with Crippen LogP contribution in [0.1, 0.15) is 53.9 Å². The molecule has 0 aromatic rings. The van der Waals surface area contributed by atoms with Crippen LogP contribution in [0, 0.1) is 11.3 Å². The van der Waals surface area contributed by atoms with Crippen molar-refractivity contribution in [3.8, 4) is 6.07 Å². The first-order chi connectivity index (χ1) is 7.08. The van der Waals surface area contributed by atoms with Gasteiger partial charge in [-0.1, -0.05) is 19.8 Å². The maximum atomic E-state index is 11.9. The van der Waals surface area contributed by atoms with Gasteiger partial charge in [-0.25, -0.2) is 8.42 Å². The maximum absolute atomic E-state index is 11.9. The lowest BCUT2D eigenvalue weighted by atomic mass is 9.98. The maximum Gasteiger partial charge on any atom is 0.217 e. The highest BCUT2D eigenvalue weighted by Gasteiger charge is 2.36. The highest BCUT2D eigenvalue weighted by atomic mass is 32.2. The molecule has 0 radical (unpaired) electrons. The quantitative estimate of drug-likeness (QED) is 0.808. The van der Waals surface area contributed by atoms with E-state index in [1.807, 2.05) is 6.92 Å². The van der Waals surface area contributed by atoms with E-state index in [0.717, 1.165) is 12.8 Å². The summed E-state index contributed by atoms with van der Waals surface area (Å²) in [4.78, 5) is 0. The van der Waals surface area contributed by atoms with Gasteiger partial charge in [-0.05, 0) is 34.1 Å². The Balaban J connectivity index is 4.88. The van der Waals surface area contributed by atoms with E-state index < -0.39 is 20.3 Å². The van der Waals surface area contributed by atoms with Gasteiger partial charge in [0.15, 0.2) is 0 Å². The van der Waals surface area contributed by atoms with Gasteiger partial charge < -0.3 is 0 Å². The summed E-state index contributed by atoms with van der Waals surface area (Å²) in [6, 6.07) is 2.05. The van der Waals surface area contributed by atoms with E-state index in [0.29, 0.717) is 6.42 Å². The third kappa shape index (κ3) is 4.11. The highest BCUT2D eigenvalue weighted by Crippen LogP contribution is 2.20. The molecule has 0 aromatic carbocycles. The van der Waals surface area contributed by atoms with Crippen molar-refractivity contribution in [2.45, 2.75) is 64.2 Å². The molecule has 0 fully saturated rings. The molecule has 5 heteroatoms. The predicted octanol–water partition coefficient (Wildman–Crippen LogP) is 2.18. The highest BCUT2D eigenvalue weighted by molar-refractivity contribution is 7.90. The number of hydrogen-bond donors (Lipinski definition) is 1. The van der Waals surface area contributed by atoms with Crippen molar-refractivity contribution >= 4 is 10.0 Å². The lowest BCUT2D eigenvalue weighted by molar-refractivity contribution is 0.450. The van der Waals surface area contributed by atoms with E-state index in [4.69, 9.17) is 5.26 Å². The topological polar surface area (TPSA) is 70.0 Å². The molecule has 0 aliphatic heterocycles. The summed E-state index contributed by atoms with van der Waals surface area (Å²) in [7, 11) is -3.47. The first kappa shape index (κ1) is 15.4. The summed E-state index contributed by atoms with van der Waals surface area (Å²) < 4.78 is 25.5. The molecule has 0 amide bonds. The van der Waals surface area contributed by atoms with Gasteiger partial charge in [-0.15, -0.1) is 0 Å². The van der Waals surface area contributed by atoms with Crippen LogP contribution in [0.4, 0.5) is 0 Å². The van der Waals surface area contributed by atoms with Crippen LogP contribution in [0.15, 0.2) is 0 Å². The van der Waals surface area contributed by atoms with Crippen molar-refractivity contribution in [1.29, 1.82) is 5.26 Å². The molecule has 0 aromatic heterocycles. The predicted molar refractivity (Wildman–Crippen MR) is 65.4 cm³/mol. The molecule has 16 heavy (non-hydrogen) atoms. The Bertz CT molecular complexity index is 362. The van der Waals surface area contributed by atoms with Crippen molar-refractivity contribution in [1.82, 2.24) is 4.72 Å². The average Bonchev–Trinajstić information content (AvgIpc) is 2.12. The van der Waals surface area contributed by atoms with Crippen molar-refractivity contribution in [3.05, 3.63) is 0 Å².